The molecule has 10 heteroatoms. The van der Waals surface area contributed by atoms with Gasteiger partial charge >= 0.3 is 0 Å². The molecule has 0 unspecified atom stereocenters. The Morgan fingerprint density at radius 1 is 1.10 bits per heavy atom. The summed E-state index contributed by atoms with van der Waals surface area (Å²) in [5.41, 5.74) is 6.34. The number of nitrogens with one attached hydrogen (secondary N) is 2. The number of nitrogens with two attached hydrogens (primary N) is 1. The van der Waals surface area contributed by atoms with Crippen LogP contribution >= 0.6 is 23.2 Å². The van der Waals surface area contributed by atoms with Crippen LogP contribution in [0.1, 0.15) is 31.3 Å². The van der Waals surface area contributed by atoms with Crippen molar-refractivity contribution in [2.75, 3.05) is 17.3 Å². The highest BCUT2D eigenvalue weighted by Crippen LogP contribution is 2.23. The minimum atomic E-state index is -0.805. The molecule has 1 aromatic heterocycles. The molecule has 148 valence electrons. The number of hydrogen-bond donors (Lipinski definition) is 3. The second-order valence-corrected chi connectivity index (χ2v) is 6.82. The molecule has 1 heterocycles. The molecule has 0 aliphatic heterocycles. The maximum absolute atomic E-state index is 12.6. The Bertz CT molecular complexity index is 1100. The molecule has 8 nitrogen and oxygen atoms in total. The molecule has 0 aliphatic rings. The number of aromatic nitrogens is 2. The molecule has 3 amide bonds. The lowest BCUT2D eigenvalue weighted by molar-refractivity contribution is 0.0958. The van der Waals surface area contributed by atoms with Crippen LogP contribution in [0.5, 0.6) is 0 Å². The van der Waals surface area contributed by atoms with E-state index < -0.39 is 17.7 Å². The van der Waals surface area contributed by atoms with Gasteiger partial charge in [-0.25, -0.2) is 4.98 Å². The van der Waals surface area contributed by atoms with Crippen molar-refractivity contribution in [1.29, 1.82) is 0 Å². The number of benzene rings is 2. The molecule has 3 aromatic rings. The summed E-state index contributed by atoms with van der Waals surface area (Å²) in [6.45, 7) is 0. The van der Waals surface area contributed by atoms with Crippen LogP contribution in [0.15, 0.2) is 48.8 Å². The van der Waals surface area contributed by atoms with Crippen molar-refractivity contribution >= 4 is 52.3 Å². The van der Waals surface area contributed by atoms with E-state index in [-0.39, 0.29) is 22.0 Å². The van der Waals surface area contributed by atoms with Gasteiger partial charge in [-0.05, 0) is 42.5 Å². The molecule has 0 bridgehead atoms. The Morgan fingerprint density at radius 2 is 1.79 bits per heavy atom. The fourth-order valence-electron chi connectivity index (χ4n) is 2.57. The molecule has 0 saturated heterocycles. The van der Waals surface area contributed by atoms with E-state index in [1.54, 1.807) is 30.3 Å². The minimum Gasteiger partial charge on any atom is -0.364 e. The summed E-state index contributed by atoms with van der Waals surface area (Å²) in [5.74, 6) is -1.71. The Labute approximate surface area is 175 Å². The highest BCUT2D eigenvalue weighted by molar-refractivity contribution is 6.36. The molecule has 0 fully saturated rings. The predicted octanol–water partition coefficient (Wildman–Crippen LogP) is 3.34. The quantitative estimate of drug-likeness (QED) is 0.573. The van der Waals surface area contributed by atoms with E-state index in [4.69, 9.17) is 28.9 Å². The van der Waals surface area contributed by atoms with Crippen LogP contribution in [0.3, 0.4) is 0 Å². The minimum absolute atomic E-state index is 0.00650. The van der Waals surface area contributed by atoms with Crippen molar-refractivity contribution in [3.63, 3.8) is 0 Å². The summed E-state index contributed by atoms with van der Waals surface area (Å²) in [4.78, 5) is 44.1. The summed E-state index contributed by atoms with van der Waals surface area (Å²) < 4.78 is 0. The van der Waals surface area contributed by atoms with Gasteiger partial charge in [0, 0.05) is 23.4 Å². The predicted molar refractivity (Wildman–Crippen MR) is 111 cm³/mol. The maximum Gasteiger partial charge on any atom is 0.276 e. The fraction of sp³-hybridized carbons (Fsp3) is 0.0526. The van der Waals surface area contributed by atoms with Crippen molar-refractivity contribution in [2.24, 2.45) is 5.73 Å². The van der Waals surface area contributed by atoms with Crippen LogP contribution in [0, 0.1) is 0 Å². The lowest BCUT2D eigenvalue weighted by Gasteiger charge is -2.17. The number of amides is 3. The number of carbonyl (C=O) groups excluding carboxylic acids is 3. The van der Waals surface area contributed by atoms with Crippen molar-refractivity contribution < 1.29 is 14.4 Å². The average molecular weight is 432 g/mol. The number of H-pyrrole nitrogens is 1. The van der Waals surface area contributed by atoms with Gasteiger partial charge in [0.15, 0.2) is 5.69 Å². The number of aromatic amines is 1. The van der Waals surface area contributed by atoms with Gasteiger partial charge in [-0.3, -0.25) is 14.4 Å². The fourth-order valence-corrected chi connectivity index (χ4v) is 2.94. The van der Waals surface area contributed by atoms with Crippen molar-refractivity contribution in [2.45, 2.75) is 0 Å². The van der Waals surface area contributed by atoms with E-state index in [1.165, 1.54) is 30.4 Å². The molecule has 3 rings (SSSR count). The van der Waals surface area contributed by atoms with E-state index in [1.807, 2.05) is 0 Å². The molecular formula is C19H15Cl2N5O3. The normalized spacial score (nSPS) is 10.4. The standard InChI is InChI=1S/C19H15Cl2N5O3/c1-26(19(29)16-15(17(22)27)23-9-24-16)12-5-3-11(4-6-12)25-18(28)13-8-10(20)2-7-14(13)21/h2-9H,1H3,(H2,22,27)(H,23,24)(H,25,28). The zero-order valence-electron chi connectivity index (χ0n) is 15.1. The Balaban J connectivity index is 1.75. The first-order valence-electron chi connectivity index (χ1n) is 8.25. The molecule has 0 radical (unpaired) electrons. The monoisotopic (exact) mass is 431 g/mol. The van der Waals surface area contributed by atoms with Crippen molar-refractivity contribution in [1.82, 2.24) is 9.97 Å². The van der Waals surface area contributed by atoms with Crippen molar-refractivity contribution in [3.05, 3.63) is 75.8 Å². The second kappa shape index (κ2) is 8.34. The van der Waals surface area contributed by atoms with Crippen LogP contribution in [0.25, 0.3) is 0 Å². The van der Waals surface area contributed by atoms with E-state index >= 15 is 0 Å². The lowest BCUT2D eigenvalue weighted by Crippen LogP contribution is -2.29. The topological polar surface area (TPSA) is 121 Å². The van der Waals surface area contributed by atoms with E-state index in [9.17, 15) is 14.4 Å². The molecule has 0 saturated carbocycles. The smallest absolute Gasteiger partial charge is 0.276 e. The van der Waals surface area contributed by atoms with E-state index in [0.29, 0.717) is 16.4 Å². The summed E-state index contributed by atoms with van der Waals surface area (Å²) in [6, 6.07) is 11.1. The average Bonchev–Trinajstić information content (AvgIpc) is 3.19. The zero-order valence-corrected chi connectivity index (χ0v) is 16.6. The van der Waals surface area contributed by atoms with Crippen LogP contribution < -0.4 is 16.0 Å². The second-order valence-electron chi connectivity index (χ2n) is 5.98. The number of primary amides is 1. The lowest BCUT2D eigenvalue weighted by atomic mass is 10.2. The third-order valence-corrected chi connectivity index (χ3v) is 4.64. The molecular weight excluding hydrogens is 417 g/mol. The zero-order chi connectivity index (χ0) is 21.1. The molecule has 2 aromatic carbocycles. The number of anilines is 2. The first-order valence-corrected chi connectivity index (χ1v) is 9.01. The molecule has 4 N–H and O–H groups in total. The third-order valence-electron chi connectivity index (χ3n) is 4.08. The van der Waals surface area contributed by atoms with Gasteiger partial charge in [-0.1, -0.05) is 23.2 Å². The van der Waals surface area contributed by atoms with Gasteiger partial charge in [0.1, 0.15) is 5.69 Å². The first-order chi connectivity index (χ1) is 13.8. The molecule has 0 atom stereocenters. The molecule has 0 aliphatic carbocycles. The largest absolute Gasteiger partial charge is 0.364 e. The number of halogens is 2. The summed E-state index contributed by atoms with van der Waals surface area (Å²) in [5, 5.41) is 3.38. The maximum atomic E-state index is 12.6. The van der Waals surface area contributed by atoms with Crippen molar-refractivity contribution in [3.8, 4) is 0 Å². The Kier molecular flexibility index (Phi) is 5.86. The van der Waals surface area contributed by atoms with Gasteiger partial charge in [0.25, 0.3) is 17.7 Å². The number of carbonyl (C=O) groups is 3. The molecule has 0 spiro atoms. The van der Waals surface area contributed by atoms with Gasteiger partial charge in [0.05, 0.1) is 16.9 Å². The summed E-state index contributed by atoms with van der Waals surface area (Å²) in [6.07, 6.45) is 1.22. The van der Waals surface area contributed by atoms with Gasteiger partial charge in [0.2, 0.25) is 0 Å². The molecule has 29 heavy (non-hydrogen) atoms. The SMILES string of the molecule is CN(C(=O)c1[nH]cnc1C(N)=O)c1ccc(NC(=O)c2cc(Cl)ccc2Cl)cc1. The van der Waals surface area contributed by atoms with Crippen LogP contribution in [0.4, 0.5) is 11.4 Å². The van der Waals surface area contributed by atoms with Gasteiger partial charge in [-0.15, -0.1) is 0 Å². The first kappa shape index (κ1) is 20.4. The number of imidazole rings is 1. The van der Waals surface area contributed by atoms with E-state index in [2.05, 4.69) is 15.3 Å². The number of rotatable bonds is 5. The highest BCUT2D eigenvalue weighted by atomic mass is 35.5. The number of hydrogen-bond acceptors (Lipinski definition) is 4. The van der Waals surface area contributed by atoms with Gasteiger partial charge < -0.3 is 20.9 Å². The van der Waals surface area contributed by atoms with Crippen LogP contribution in [-0.4, -0.2) is 34.7 Å². The summed E-state index contributed by atoms with van der Waals surface area (Å²) in [7, 11) is 1.53. The number of nitrogens with zero attached hydrogens (tertiary/aromatic N) is 2. The third kappa shape index (κ3) is 4.39. The summed E-state index contributed by atoms with van der Waals surface area (Å²) >= 11 is 11.9. The highest BCUT2D eigenvalue weighted by Gasteiger charge is 2.22. The Hall–Kier alpha value is -3.36. The van der Waals surface area contributed by atoms with Crippen LogP contribution in [0.2, 0.25) is 10.0 Å². The van der Waals surface area contributed by atoms with Crippen LogP contribution in [-0.2, 0) is 0 Å². The van der Waals surface area contributed by atoms with Gasteiger partial charge in [-0.2, -0.15) is 0 Å². The van der Waals surface area contributed by atoms with E-state index in [0.717, 1.165) is 0 Å². The Morgan fingerprint density at radius 3 is 2.45 bits per heavy atom.